The predicted molar refractivity (Wildman–Crippen MR) is 117 cm³/mol. The molecule has 0 aliphatic carbocycles. The summed E-state index contributed by atoms with van der Waals surface area (Å²) in [7, 11) is 0. The number of amides is 3. The van der Waals surface area contributed by atoms with E-state index >= 15 is 0 Å². The first-order valence-electron chi connectivity index (χ1n) is 10.2. The Morgan fingerprint density at radius 1 is 1.14 bits per heavy atom. The van der Waals surface area contributed by atoms with Crippen molar-refractivity contribution in [2.75, 3.05) is 19.6 Å². The van der Waals surface area contributed by atoms with Gasteiger partial charge in [-0.15, -0.1) is 11.8 Å². The zero-order valence-corrected chi connectivity index (χ0v) is 18.7. The molecule has 156 valence electrons. The van der Waals surface area contributed by atoms with Crippen LogP contribution in [0.2, 0.25) is 0 Å². The first-order chi connectivity index (χ1) is 13.1. The molecule has 1 aliphatic heterocycles. The SMILES string of the molecule is CC(C)Sc1ccc(CC(=O)NCC2CCN(C(=O)NC(C)(C)C)CC2)cc1. The molecule has 5 nitrogen and oxygen atoms in total. The zero-order valence-electron chi connectivity index (χ0n) is 17.9. The lowest BCUT2D eigenvalue weighted by Crippen LogP contribution is -2.51. The Hall–Kier alpha value is -1.69. The lowest BCUT2D eigenvalue weighted by Gasteiger charge is -2.34. The van der Waals surface area contributed by atoms with Crippen molar-refractivity contribution >= 4 is 23.7 Å². The molecule has 0 spiro atoms. The Morgan fingerprint density at radius 2 is 1.75 bits per heavy atom. The van der Waals surface area contributed by atoms with Crippen LogP contribution >= 0.6 is 11.8 Å². The molecule has 2 rings (SSSR count). The lowest BCUT2D eigenvalue weighted by atomic mass is 9.96. The van der Waals surface area contributed by atoms with Crippen molar-refractivity contribution in [3.8, 4) is 0 Å². The van der Waals surface area contributed by atoms with E-state index in [1.807, 2.05) is 49.6 Å². The van der Waals surface area contributed by atoms with Gasteiger partial charge in [-0.2, -0.15) is 0 Å². The number of rotatable bonds is 6. The molecule has 1 aliphatic rings. The quantitative estimate of drug-likeness (QED) is 0.702. The van der Waals surface area contributed by atoms with Crippen LogP contribution in [0.3, 0.4) is 0 Å². The molecule has 1 fully saturated rings. The molecule has 0 radical (unpaired) electrons. The molecule has 0 atom stereocenters. The van der Waals surface area contributed by atoms with E-state index in [0.29, 0.717) is 24.1 Å². The molecule has 0 saturated carbocycles. The summed E-state index contributed by atoms with van der Waals surface area (Å²) >= 11 is 1.83. The second-order valence-corrected chi connectivity index (χ2v) is 10.6. The van der Waals surface area contributed by atoms with Gasteiger partial charge < -0.3 is 15.5 Å². The molecule has 28 heavy (non-hydrogen) atoms. The van der Waals surface area contributed by atoms with Crippen molar-refractivity contribution in [1.82, 2.24) is 15.5 Å². The van der Waals surface area contributed by atoms with E-state index in [2.05, 4.69) is 36.6 Å². The maximum absolute atomic E-state index is 12.3. The van der Waals surface area contributed by atoms with Crippen LogP contribution in [0.5, 0.6) is 0 Å². The van der Waals surface area contributed by atoms with Crippen LogP contribution < -0.4 is 10.6 Å². The summed E-state index contributed by atoms with van der Waals surface area (Å²) in [6.45, 7) is 12.5. The fourth-order valence-corrected chi connectivity index (χ4v) is 4.04. The summed E-state index contributed by atoms with van der Waals surface area (Å²) in [5, 5.41) is 6.63. The maximum Gasteiger partial charge on any atom is 0.317 e. The zero-order chi connectivity index (χ0) is 20.7. The molecule has 1 saturated heterocycles. The van der Waals surface area contributed by atoms with Crippen LogP contribution in [0, 0.1) is 5.92 Å². The van der Waals surface area contributed by atoms with Crippen LogP contribution in [0.25, 0.3) is 0 Å². The average Bonchev–Trinajstić information content (AvgIpc) is 2.60. The number of nitrogens with one attached hydrogen (secondary N) is 2. The number of nitrogens with zero attached hydrogens (tertiary/aromatic N) is 1. The molecular weight excluding hydrogens is 370 g/mol. The van der Waals surface area contributed by atoms with Crippen molar-refractivity contribution in [2.24, 2.45) is 5.92 Å². The second kappa shape index (κ2) is 10.2. The van der Waals surface area contributed by atoms with Crippen LogP contribution in [0.4, 0.5) is 4.79 Å². The molecule has 3 amide bonds. The molecule has 1 aromatic carbocycles. The Morgan fingerprint density at radius 3 is 2.29 bits per heavy atom. The van der Waals surface area contributed by atoms with Crippen LogP contribution in [0.1, 0.15) is 53.0 Å². The molecule has 6 heteroatoms. The van der Waals surface area contributed by atoms with Crippen molar-refractivity contribution in [3.05, 3.63) is 29.8 Å². The summed E-state index contributed by atoms with van der Waals surface area (Å²) in [5.74, 6) is 0.504. The van der Waals surface area contributed by atoms with Crippen molar-refractivity contribution in [1.29, 1.82) is 0 Å². The Kier molecular flexibility index (Phi) is 8.23. The van der Waals surface area contributed by atoms with E-state index in [1.54, 1.807) is 0 Å². The van der Waals surface area contributed by atoms with Gasteiger partial charge in [-0.25, -0.2) is 4.79 Å². The molecule has 1 aromatic rings. The van der Waals surface area contributed by atoms with Crippen LogP contribution in [-0.2, 0) is 11.2 Å². The first-order valence-corrected chi connectivity index (χ1v) is 11.1. The molecule has 0 aromatic heterocycles. The molecule has 0 unspecified atom stereocenters. The third-order valence-electron chi connectivity index (χ3n) is 4.63. The number of piperidine rings is 1. The fraction of sp³-hybridized carbons (Fsp3) is 0.636. The minimum absolute atomic E-state index is 0.00839. The van der Waals surface area contributed by atoms with Gasteiger partial charge in [0, 0.05) is 35.3 Å². The fourth-order valence-electron chi connectivity index (χ4n) is 3.20. The van der Waals surface area contributed by atoms with E-state index in [0.717, 1.165) is 31.5 Å². The van der Waals surface area contributed by atoms with E-state index in [4.69, 9.17) is 0 Å². The van der Waals surface area contributed by atoms with E-state index < -0.39 is 0 Å². The van der Waals surface area contributed by atoms with E-state index in [1.165, 1.54) is 4.90 Å². The number of likely N-dealkylation sites (tertiary alicyclic amines) is 1. The molecule has 2 N–H and O–H groups in total. The number of carbonyl (C=O) groups is 2. The molecule has 0 bridgehead atoms. The van der Waals surface area contributed by atoms with Gasteiger partial charge in [0.1, 0.15) is 0 Å². The standard InChI is InChI=1S/C22H35N3O2S/c1-16(2)28-19-8-6-17(7-9-19)14-20(26)23-15-18-10-12-25(13-11-18)21(27)24-22(3,4)5/h6-9,16,18H,10-15H2,1-5H3,(H,23,26)(H,24,27). The van der Waals surface area contributed by atoms with Crippen LogP contribution in [0.15, 0.2) is 29.2 Å². The number of benzene rings is 1. The number of hydrogen-bond donors (Lipinski definition) is 2. The Balaban J connectivity index is 1.69. The van der Waals surface area contributed by atoms with Gasteiger partial charge >= 0.3 is 6.03 Å². The van der Waals surface area contributed by atoms with Crippen molar-refractivity contribution in [2.45, 2.75) is 69.6 Å². The summed E-state index contributed by atoms with van der Waals surface area (Å²) in [4.78, 5) is 27.6. The number of carbonyl (C=O) groups excluding carboxylic acids is 2. The highest BCUT2D eigenvalue weighted by Crippen LogP contribution is 2.23. The number of hydrogen-bond acceptors (Lipinski definition) is 3. The largest absolute Gasteiger partial charge is 0.356 e. The van der Waals surface area contributed by atoms with Gasteiger partial charge in [-0.1, -0.05) is 26.0 Å². The minimum Gasteiger partial charge on any atom is -0.356 e. The Labute approximate surface area is 174 Å². The molecule has 1 heterocycles. The predicted octanol–water partition coefficient (Wildman–Crippen LogP) is 4.07. The van der Waals surface area contributed by atoms with Crippen LogP contribution in [-0.4, -0.2) is 47.3 Å². The van der Waals surface area contributed by atoms with Gasteiger partial charge in [-0.3, -0.25) is 4.79 Å². The van der Waals surface area contributed by atoms with Crippen molar-refractivity contribution in [3.63, 3.8) is 0 Å². The highest BCUT2D eigenvalue weighted by Gasteiger charge is 2.25. The van der Waals surface area contributed by atoms with Gasteiger partial charge in [0.25, 0.3) is 0 Å². The number of urea groups is 1. The molecular formula is C22H35N3O2S. The average molecular weight is 406 g/mol. The third kappa shape index (κ3) is 8.13. The van der Waals surface area contributed by atoms with E-state index in [-0.39, 0.29) is 17.5 Å². The van der Waals surface area contributed by atoms with Gasteiger partial charge in [0.2, 0.25) is 5.91 Å². The van der Waals surface area contributed by atoms with Crippen molar-refractivity contribution < 1.29 is 9.59 Å². The monoisotopic (exact) mass is 405 g/mol. The van der Waals surface area contributed by atoms with Gasteiger partial charge in [-0.05, 0) is 57.2 Å². The Bertz CT molecular complexity index is 645. The van der Waals surface area contributed by atoms with Gasteiger partial charge in [0.15, 0.2) is 0 Å². The summed E-state index contributed by atoms with van der Waals surface area (Å²) in [6, 6.07) is 8.26. The maximum atomic E-state index is 12.3. The summed E-state index contributed by atoms with van der Waals surface area (Å²) in [6.07, 6.45) is 2.28. The topological polar surface area (TPSA) is 61.4 Å². The lowest BCUT2D eigenvalue weighted by molar-refractivity contribution is -0.120. The number of thioether (sulfide) groups is 1. The van der Waals surface area contributed by atoms with E-state index in [9.17, 15) is 9.59 Å². The third-order valence-corrected chi connectivity index (χ3v) is 5.65. The minimum atomic E-state index is -0.215. The van der Waals surface area contributed by atoms with Gasteiger partial charge in [0.05, 0.1) is 6.42 Å². The second-order valence-electron chi connectivity index (χ2n) is 8.90. The summed E-state index contributed by atoms with van der Waals surface area (Å²) < 4.78 is 0. The normalized spacial score (nSPS) is 15.6. The summed E-state index contributed by atoms with van der Waals surface area (Å²) in [5.41, 5.74) is 0.826. The highest BCUT2D eigenvalue weighted by atomic mass is 32.2. The first kappa shape index (κ1) is 22.6. The highest BCUT2D eigenvalue weighted by molar-refractivity contribution is 7.99. The smallest absolute Gasteiger partial charge is 0.317 e.